The number of rotatable bonds is 2. The van der Waals surface area contributed by atoms with Crippen molar-refractivity contribution in [1.82, 2.24) is 10.2 Å². The molecule has 2 amide bonds. The maximum Gasteiger partial charge on any atom is 0.317 e. The quantitative estimate of drug-likeness (QED) is 0.749. The van der Waals surface area contributed by atoms with Crippen molar-refractivity contribution in [2.24, 2.45) is 5.92 Å². The van der Waals surface area contributed by atoms with Gasteiger partial charge < -0.3 is 10.2 Å². The van der Waals surface area contributed by atoms with Gasteiger partial charge in [-0.3, -0.25) is 0 Å². The molecule has 0 radical (unpaired) electrons. The zero-order chi connectivity index (χ0) is 13.0. The lowest BCUT2D eigenvalue weighted by Gasteiger charge is -2.31. The Morgan fingerprint density at radius 1 is 1.33 bits per heavy atom. The molecule has 0 aromatic rings. The maximum atomic E-state index is 12.1. The van der Waals surface area contributed by atoms with Crippen molar-refractivity contribution < 1.29 is 4.79 Å². The van der Waals surface area contributed by atoms with Crippen LogP contribution in [0.25, 0.3) is 0 Å². The number of hydrogen-bond acceptors (Lipinski definition) is 1. The summed E-state index contributed by atoms with van der Waals surface area (Å²) in [5, 5.41) is 3.19. The molecule has 102 valence electrons. The minimum atomic E-state index is 0.140. The van der Waals surface area contributed by atoms with E-state index in [2.05, 4.69) is 25.2 Å². The standard InChI is InChI=1S/C15H26N2O/c1-12(2)13-8-10-17(11-9-13)15(18)16-14-6-4-3-5-7-14/h8,12,14H,3-7,9-11H2,1-2H3,(H,16,18). The second kappa shape index (κ2) is 6.26. The molecule has 0 atom stereocenters. The maximum absolute atomic E-state index is 12.1. The normalized spacial score (nSPS) is 21.9. The van der Waals surface area contributed by atoms with Crippen LogP contribution in [0.2, 0.25) is 0 Å². The molecular weight excluding hydrogens is 224 g/mol. The van der Waals surface area contributed by atoms with E-state index in [0.717, 1.165) is 32.4 Å². The summed E-state index contributed by atoms with van der Waals surface area (Å²) in [6.07, 6.45) is 9.45. The number of nitrogens with one attached hydrogen (secondary N) is 1. The van der Waals surface area contributed by atoms with Crippen LogP contribution < -0.4 is 5.32 Å². The molecule has 2 aliphatic rings. The zero-order valence-corrected chi connectivity index (χ0v) is 11.7. The number of carbonyl (C=O) groups is 1. The highest BCUT2D eigenvalue weighted by molar-refractivity contribution is 5.75. The Labute approximate surface area is 111 Å². The highest BCUT2D eigenvalue weighted by Crippen LogP contribution is 2.20. The largest absolute Gasteiger partial charge is 0.335 e. The summed E-state index contributed by atoms with van der Waals surface area (Å²) in [5.74, 6) is 0.619. The van der Waals surface area contributed by atoms with Crippen molar-refractivity contribution in [2.75, 3.05) is 13.1 Å². The van der Waals surface area contributed by atoms with Crippen molar-refractivity contribution in [1.29, 1.82) is 0 Å². The smallest absolute Gasteiger partial charge is 0.317 e. The van der Waals surface area contributed by atoms with Crippen LogP contribution >= 0.6 is 0 Å². The lowest BCUT2D eigenvalue weighted by Crippen LogP contribution is -2.47. The first-order valence-electron chi connectivity index (χ1n) is 7.41. The molecule has 3 nitrogen and oxygen atoms in total. The predicted octanol–water partition coefficient (Wildman–Crippen LogP) is 3.32. The molecule has 0 saturated heterocycles. The fraction of sp³-hybridized carbons (Fsp3) is 0.800. The van der Waals surface area contributed by atoms with Gasteiger partial charge in [-0.05, 0) is 25.2 Å². The summed E-state index contributed by atoms with van der Waals surface area (Å²) in [4.78, 5) is 14.1. The Hall–Kier alpha value is -0.990. The van der Waals surface area contributed by atoms with E-state index in [1.54, 1.807) is 0 Å². The summed E-state index contributed by atoms with van der Waals surface area (Å²) >= 11 is 0. The summed E-state index contributed by atoms with van der Waals surface area (Å²) in [6.45, 7) is 6.11. The van der Waals surface area contributed by atoms with Gasteiger partial charge >= 0.3 is 6.03 Å². The molecule has 1 fully saturated rings. The lowest BCUT2D eigenvalue weighted by molar-refractivity contribution is 0.193. The molecule has 1 N–H and O–H groups in total. The van der Waals surface area contributed by atoms with E-state index in [-0.39, 0.29) is 6.03 Å². The lowest BCUT2D eigenvalue weighted by atomic mass is 9.95. The van der Waals surface area contributed by atoms with Gasteiger partial charge in [0.05, 0.1) is 0 Å². The van der Waals surface area contributed by atoms with Crippen LogP contribution in [0.1, 0.15) is 52.4 Å². The van der Waals surface area contributed by atoms with E-state index in [1.165, 1.54) is 24.8 Å². The van der Waals surface area contributed by atoms with Gasteiger partial charge in [-0.15, -0.1) is 0 Å². The number of nitrogens with zero attached hydrogens (tertiary/aromatic N) is 1. The van der Waals surface area contributed by atoms with Gasteiger partial charge in [-0.1, -0.05) is 44.8 Å². The van der Waals surface area contributed by atoms with Crippen LogP contribution in [0.15, 0.2) is 11.6 Å². The Kier molecular flexibility index (Phi) is 4.67. The highest BCUT2D eigenvalue weighted by Gasteiger charge is 2.21. The van der Waals surface area contributed by atoms with Crippen LogP contribution in [0, 0.1) is 5.92 Å². The van der Waals surface area contributed by atoms with Crippen molar-refractivity contribution in [3.63, 3.8) is 0 Å². The number of amides is 2. The third-order valence-electron chi connectivity index (χ3n) is 4.21. The first-order valence-corrected chi connectivity index (χ1v) is 7.41. The van der Waals surface area contributed by atoms with Gasteiger partial charge in [0.2, 0.25) is 0 Å². The number of hydrogen-bond donors (Lipinski definition) is 1. The Morgan fingerprint density at radius 3 is 2.61 bits per heavy atom. The van der Waals surface area contributed by atoms with Crippen LogP contribution in [0.4, 0.5) is 4.79 Å². The topological polar surface area (TPSA) is 32.3 Å². The molecule has 1 aliphatic carbocycles. The Morgan fingerprint density at radius 2 is 2.06 bits per heavy atom. The second-order valence-electron chi connectivity index (χ2n) is 5.91. The molecule has 0 unspecified atom stereocenters. The van der Waals surface area contributed by atoms with E-state index in [1.807, 2.05) is 4.90 Å². The van der Waals surface area contributed by atoms with Crippen molar-refractivity contribution in [3.8, 4) is 0 Å². The van der Waals surface area contributed by atoms with Gasteiger partial charge in [0, 0.05) is 19.1 Å². The molecule has 0 aromatic carbocycles. The second-order valence-corrected chi connectivity index (χ2v) is 5.91. The monoisotopic (exact) mass is 250 g/mol. The fourth-order valence-electron chi connectivity index (χ4n) is 2.91. The molecule has 1 aliphatic heterocycles. The van der Waals surface area contributed by atoms with Crippen LogP contribution in [-0.2, 0) is 0 Å². The average molecular weight is 250 g/mol. The third kappa shape index (κ3) is 3.50. The molecule has 1 heterocycles. The first kappa shape index (κ1) is 13.4. The molecule has 2 rings (SSSR count). The third-order valence-corrected chi connectivity index (χ3v) is 4.21. The highest BCUT2D eigenvalue weighted by atomic mass is 16.2. The van der Waals surface area contributed by atoms with E-state index in [0.29, 0.717) is 12.0 Å². The fourth-order valence-corrected chi connectivity index (χ4v) is 2.91. The van der Waals surface area contributed by atoms with Crippen molar-refractivity contribution >= 4 is 6.03 Å². The average Bonchev–Trinajstić information content (AvgIpc) is 2.40. The Bertz CT molecular complexity index is 316. The van der Waals surface area contributed by atoms with E-state index in [9.17, 15) is 4.79 Å². The molecule has 18 heavy (non-hydrogen) atoms. The molecule has 1 saturated carbocycles. The van der Waals surface area contributed by atoms with Gasteiger partial charge in [0.25, 0.3) is 0 Å². The van der Waals surface area contributed by atoms with E-state index < -0.39 is 0 Å². The van der Waals surface area contributed by atoms with Crippen LogP contribution in [0.3, 0.4) is 0 Å². The Balaban J connectivity index is 1.80. The summed E-state index contributed by atoms with van der Waals surface area (Å²) < 4.78 is 0. The molecule has 0 spiro atoms. The van der Waals surface area contributed by atoms with Gasteiger partial charge in [0.15, 0.2) is 0 Å². The summed E-state index contributed by atoms with van der Waals surface area (Å²) in [7, 11) is 0. The predicted molar refractivity (Wildman–Crippen MR) is 74.5 cm³/mol. The summed E-state index contributed by atoms with van der Waals surface area (Å²) in [6, 6.07) is 0.558. The van der Waals surface area contributed by atoms with Crippen molar-refractivity contribution in [2.45, 2.75) is 58.4 Å². The van der Waals surface area contributed by atoms with Gasteiger partial charge in [-0.2, -0.15) is 0 Å². The van der Waals surface area contributed by atoms with Crippen molar-refractivity contribution in [3.05, 3.63) is 11.6 Å². The number of carbonyl (C=O) groups excluding carboxylic acids is 1. The van der Waals surface area contributed by atoms with Gasteiger partial charge in [-0.25, -0.2) is 4.79 Å². The molecule has 3 heteroatoms. The molecule has 0 bridgehead atoms. The minimum absolute atomic E-state index is 0.140. The summed E-state index contributed by atoms with van der Waals surface area (Å²) in [5.41, 5.74) is 1.50. The zero-order valence-electron chi connectivity index (χ0n) is 11.7. The van der Waals surface area contributed by atoms with Gasteiger partial charge in [0.1, 0.15) is 0 Å². The molecular formula is C15H26N2O. The van der Waals surface area contributed by atoms with Crippen LogP contribution in [-0.4, -0.2) is 30.1 Å². The first-order chi connectivity index (χ1) is 8.66. The van der Waals surface area contributed by atoms with E-state index >= 15 is 0 Å². The molecule has 0 aromatic heterocycles. The SMILES string of the molecule is CC(C)C1=CCN(C(=O)NC2CCCCC2)CC1. The van der Waals surface area contributed by atoms with E-state index in [4.69, 9.17) is 0 Å². The minimum Gasteiger partial charge on any atom is -0.335 e. The number of urea groups is 1. The van der Waals surface area contributed by atoms with Crippen LogP contribution in [0.5, 0.6) is 0 Å².